The van der Waals surface area contributed by atoms with Crippen LogP contribution in [0.3, 0.4) is 0 Å². The van der Waals surface area contributed by atoms with Crippen LogP contribution in [-0.4, -0.2) is 47.6 Å². The van der Waals surface area contributed by atoms with Crippen LogP contribution in [0.1, 0.15) is 90.9 Å². The summed E-state index contributed by atoms with van der Waals surface area (Å²) < 4.78 is 0. The van der Waals surface area contributed by atoms with E-state index in [4.69, 9.17) is 11.1 Å². The first-order chi connectivity index (χ1) is 12.5. The zero-order valence-electron chi connectivity index (χ0n) is 17.1. The van der Waals surface area contributed by atoms with Gasteiger partial charge < -0.3 is 16.2 Å². The van der Waals surface area contributed by atoms with E-state index in [9.17, 15) is 9.90 Å². The summed E-state index contributed by atoms with van der Waals surface area (Å²) in [5.41, 5.74) is 5.25. The zero-order valence-corrected chi connectivity index (χ0v) is 17.1. The molecule has 0 aromatic rings. The van der Waals surface area contributed by atoms with Crippen molar-refractivity contribution in [3.63, 3.8) is 0 Å². The van der Waals surface area contributed by atoms with Crippen molar-refractivity contribution in [1.82, 2.24) is 10.2 Å². The molecule has 6 nitrogen and oxygen atoms in total. The minimum absolute atomic E-state index is 0.0606. The van der Waals surface area contributed by atoms with Crippen LogP contribution in [0.25, 0.3) is 0 Å². The molecule has 0 rings (SSSR count). The van der Waals surface area contributed by atoms with E-state index in [0.717, 1.165) is 19.5 Å². The summed E-state index contributed by atoms with van der Waals surface area (Å²) in [7, 11) is 0. The molecule has 0 amide bonds. The van der Waals surface area contributed by atoms with Crippen molar-refractivity contribution in [2.24, 2.45) is 5.73 Å². The van der Waals surface area contributed by atoms with Gasteiger partial charge >= 0.3 is 5.97 Å². The minimum Gasteiger partial charge on any atom is -0.480 e. The number of hydrogen-bond acceptors (Lipinski definition) is 3. The molecule has 0 saturated heterocycles. The number of carboxylic acid groups (broad SMARTS) is 1. The highest BCUT2D eigenvalue weighted by Crippen LogP contribution is 2.13. The first-order valence-electron chi connectivity index (χ1n) is 10.6. The van der Waals surface area contributed by atoms with Gasteiger partial charge in [-0.2, -0.15) is 0 Å². The lowest BCUT2D eigenvalue weighted by molar-refractivity contribution is -0.143. The van der Waals surface area contributed by atoms with Crippen LogP contribution in [0.15, 0.2) is 0 Å². The molecule has 0 radical (unpaired) electrons. The summed E-state index contributed by atoms with van der Waals surface area (Å²) in [5.74, 6) is -0.809. The molecular weight excluding hydrogens is 328 g/mol. The van der Waals surface area contributed by atoms with E-state index in [1.165, 1.54) is 57.8 Å². The van der Waals surface area contributed by atoms with Gasteiger partial charge in [0.15, 0.2) is 5.96 Å². The van der Waals surface area contributed by atoms with E-state index < -0.39 is 12.0 Å². The molecule has 0 aliphatic carbocycles. The van der Waals surface area contributed by atoms with Crippen molar-refractivity contribution < 1.29 is 9.90 Å². The number of nitrogens with zero attached hydrogens (tertiary/aromatic N) is 1. The SMILES string of the molecule is CCCCCCCCCCCCN(CC)[C@@H](CCCNC(=N)N)C(=O)O. The van der Waals surface area contributed by atoms with Crippen molar-refractivity contribution in [3.8, 4) is 0 Å². The fourth-order valence-electron chi connectivity index (χ4n) is 3.32. The summed E-state index contributed by atoms with van der Waals surface area (Å²) >= 11 is 0. The Labute approximate surface area is 160 Å². The number of carboxylic acids is 1. The highest BCUT2D eigenvalue weighted by atomic mass is 16.4. The maximum absolute atomic E-state index is 11.6. The van der Waals surface area contributed by atoms with E-state index in [0.29, 0.717) is 19.4 Å². The number of rotatable bonds is 18. The molecule has 0 fully saturated rings. The van der Waals surface area contributed by atoms with Crippen LogP contribution < -0.4 is 11.1 Å². The summed E-state index contributed by atoms with van der Waals surface area (Å²) in [6, 6.07) is -0.438. The Kier molecular flexibility index (Phi) is 16.3. The van der Waals surface area contributed by atoms with Gasteiger partial charge in [0.05, 0.1) is 0 Å². The van der Waals surface area contributed by atoms with E-state index in [1.807, 2.05) is 6.92 Å². The topological polar surface area (TPSA) is 102 Å². The van der Waals surface area contributed by atoms with E-state index in [-0.39, 0.29) is 5.96 Å². The molecule has 1 atom stereocenters. The minimum atomic E-state index is -0.748. The maximum atomic E-state index is 11.6. The third-order valence-electron chi connectivity index (χ3n) is 4.90. The number of nitrogens with one attached hydrogen (secondary N) is 2. The average Bonchev–Trinajstić information content (AvgIpc) is 2.60. The lowest BCUT2D eigenvalue weighted by atomic mass is 10.1. The fourth-order valence-corrected chi connectivity index (χ4v) is 3.32. The number of unbranched alkanes of at least 4 members (excludes halogenated alkanes) is 9. The molecule has 0 heterocycles. The number of likely N-dealkylation sites (N-methyl/N-ethyl adjacent to an activating group) is 1. The van der Waals surface area contributed by atoms with Crippen LogP contribution in [-0.2, 0) is 4.79 Å². The lowest BCUT2D eigenvalue weighted by Crippen LogP contribution is -2.42. The molecular formula is C20H42N4O2. The molecule has 0 spiro atoms. The van der Waals surface area contributed by atoms with Gasteiger partial charge in [-0.1, -0.05) is 71.6 Å². The van der Waals surface area contributed by atoms with E-state index >= 15 is 0 Å². The molecule has 26 heavy (non-hydrogen) atoms. The molecule has 0 aliphatic heterocycles. The maximum Gasteiger partial charge on any atom is 0.320 e. The lowest BCUT2D eigenvalue weighted by Gasteiger charge is -2.27. The van der Waals surface area contributed by atoms with Crippen LogP contribution >= 0.6 is 0 Å². The molecule has 6 heteroatoms. The molecule has 0 bridgehead atoms. The Balaban J connectivity index is 3.87. The van der Waals surface area contributed by atoms with E-state index in [1.54, 1.807) is 0 Å². The smallest absolute Gasteiger partial charge is 0.320 e. The van der Waals surface area contributed by atoms with Gasteiger partial charge in [-0.15, -0.1) is 0 Å². The Morgan fingerprint density at radius 3 is 2.00 bits per heavy atom. The molecule has 154 valence electrons. The summed E-state index contributed by atoms with van der Waals surface area (Å²) in [5, 5.41) is 19.4. The van der Waals surface area contributed by atoms with Crippen molar-refractivity contribution in [1.29, 1.82) is 5.41 Å². The summed E-state index contributed by atoms with van der Waals surface area (Å²) in [6.45, 7) is 6.44. The molecule has 0 aromatic heterocycles. The Bertz CT molecular complexity index is 364. The van der Waals surface area contributed by atoms with Gasteiger partial charge in [0.25, 0.3) is 0 Å². The average molecular weight is 371 g/mol. The van der Waals surface area contributed by atoms with Crippen LogP contribution in [0.2, 0.25) is 0 Å². The van der Waals surface area contributed by atoms with Gasteiger partial charge in [0.1, 0.15) is 6.04 Å². The normalized spacial score (nSPS) is 12.3. The fraction of sp³-hybridized carbons (Fsp3) is 0.900. The first-order valence-corrected chi connectivity index (χ1v) is 10.6. The van der Waals surface area contributed by atoms with Gasteiger partial charge in [-0.05, 0) is 32.4 Å². The van der Waals surface area contributed by atoms with Gasteiger partial charge in [0.2, 0.25) is 0 Å². The molecule has 0 saturated carbocycles. The van der Waals surface area contributed by atoms with Gasteiger partial charge in [0, 0.05) is 6.54 Å². The number of aliphatic carboxylic acids is 1. The third kappa shape index (κ3) is 13.9. The van der Waals surface area contributed by atoms with Crippen molar-refractivity contribution in [2.75, 3.05) is 19.6 Å². The van der Waals surface area contributed by atoms with Crippen molar-refractivity contribution >= 4 is 11.9 Å². The number of nitrogens with two attached hydrogens (primary N) is 1. The highest BCUT2D eigenvalue weighted by Gasteiger charge is 2.23. The van der Waals surface area contributed by atoms with Gasteiger partial charge in [-0.25, -0.2) is 0 Å². The second-order valence-corrected chi connectivity index (χ2v) is 7.15. The molecule has 5 N–H and O–H groups in total. The Morgan fingerprint density at radius 2 is 1.54 bits per heavy atom. The quantitative estimate of drug-likeness (QED) is 0.166. The van der Waals surface area contributed by atoms with E-state index in [2.05, 4.69) is 17.1 Å². The molecule has 0 aliphatic rings. The molecule has 0 unspecified atom stereocenters. The number of guanidine groups is 1. The monoisotopic (exact) mass is 370 g/mol. The predicted octanol–water partition coefficient (Wildman–Crippen LogP) is 3.95. The zero-order chi connectivity index (χ0) is 19.6. The van der Waals surface area contributed by atoms with Crippen molar-refractivity contribution in [2.45, 2.75) is 96.9 Å². The highest BCUT2D eigenvalue weighted by molar-refractivity contribution is 5.74. The number of hydrogen-bond donors (Lipinski definition) is 4. The molecule has 0 aromatic carbocycles. The third-order valence-corrected chi connectivity index (χ3v) is 4.90. The second kappa shape index (κ2) is 17.1. The Morgan fingerprint density at radius 1 is 1.00 bits per heavy atom. The van der Waals surface area contributed by atoms with Gasteiger partial charge in [-0.3, -0.25) is 15.1 Å². The standard InChI is InChI=1S/C20H42N4O2/c1-3-5-6-7-8-9-10-11-12-13-17-24(4-2)18(19(25)26)15-14-16-23-20(21)22/h18H,3-17H2,1-2H3,(H,25,26)(H4,21,22,23)/t18-/m0/s1. The van der Waals surface area contributed by atoms with Crippen LogP contribution in [0.5, 0.6) is 0 Å². The second-order valence-electron chi connectivity index (χ2n) is 7.15. The number of carbonyl (C=O) groups is 1. The summed E-state index contributed by atoms with van der Waals surface area (Å²) in [6.07, 6.45) is 14.2. The Hall–Kier alpha value is -1.30. The first kappa shape index (κ1) is 24.7. The van der Waals surface area contributed by atoms with Crippen LogP contribution in [0, 0.1) is 5.41 Å². The van der Waals surface area contributed by atoms with Crippen molar-refractivity contribution in [3.05, 3.63) is 0 Å². The largest absolute Gasteiger partial charge is 0.480 e. The van der Waals surface area contributed by atoms with Crippen LogP contribution in [0.4, 0.5) is 0 Å². The summed E-state index contributed by atoms with van der Waals surface area (Å²) in [4.78, 5) is 13.7. The predicted molar refractivity (Wildman–Crippen MR) is 110 cm³/mol.